The van der Waals surface area contributed by atoms with E-state index in [9.17, 15) is 14.7 Å². The Balaban J connectivity index is 1.21. The van der Waals surface area contributed by atoms with Gasteiger partial charge in [-0.25, -0.2) is 0 Å². The van der Waals surface area contributed by atoms with Crippen LogP contribution < -0.4 is 15.5 Å². The first-order valence-electron chi connectivity index (χ1n) is 13.6. The fraction of sp³-hybridized carbons (Fsp3) is 0.355. The lowest BCUT2D eigenvalue weighted by Crippen LogP contribution is -2.35. The number of ether oxygens (including phenoxy) is 1. The number of aromatic nitrogens is 1. The van der Waals surface area contributed by atoms with E-state index in [1.165, 1.54) is 11.1 Å². The molecule has 1 amide bonds. The minimum atomic E-state index is -0.202. The number of benzene rings is 3. The van der Waals surface area contributed by atoms with Crippen molar-refractivity contribution in [3.63, 3.8) is 0 Å². The average Bonchev–Trinajstić information content (AvgIpc) is 3.36. The summed E-state index contributed by atoms with van der Waals surface area (Å²) in [6.07, 6.45) is 3.96. The number of hydrogen-bond donors (Lipinski definition) is 4. The number of fused-ring (bicyclic) bond motifs is 1. The predicted octanol–water partition coefficient (Wildman–Crippen LogP) is 4.44. The van der Waals surface area contributed by atoms with Crippen molar-refractivity contribution in [3.8, 4) is 5.75 Å². The van der Waals surface area contributed by atoms with Crippen molar-refractivity contribution in [2.24, 2.45) is 5.92 Å². The first-order valence-corrected chi connectivity index (χ1v) is 14.4. The summed E-state index contributed by atoms with van der Waals surface area (Å²) in [5.74, 6) is -0.0641. The van der Waals surface area contributed by atoms with Gasteiger partial charge in [0.15, 0.2) is 0 Å². The molecule has 0 spiro atoms. The summed E-state index contributed by atoms with van der Waals surface area (Å²) in [4.78, 5) is 27.3. The maximum atomic E-state index is 13.0. The predicted molar refractivity (Wildman–Crippen MR) is 158 cm³/mol. The lowest BCUT2D eigenvalue weighted by molar-refractivity contribution is -0.127. The minimum Gasteiger partial charge on any atom is -0.506 e. The van der Waals surface area contributed by atoms with Crippen LogP contribution in [0.4, 0.5) is 0 Å². The fourth-order valence-corrected chi connectivity index (χ4v) is 5.46. The molecular weight excluding hydrogens is 510 g/mol. The Labute approximate surface area is 233 Å². The van der Waals surface area contributed by atoms with Gasteiger partial charge in [0, 0.05) is 6.54 Å². The molecule has 4 aromatic rings. The molecule has 8 heteroatoms. The van der Waals surface area contributed by atoms with E-state index < -0.39 is 0 Å². The van der Waals surface area contributed by atoms with E-state index in [1.54, 1.807) is 6.07 Å². The molecule has 7 nitrogen and oxygen atoms in total. The molecule has 1 heterocycles. The van der Waals surface area contributed by atoms with Crippen molar-refractivity contribution in [1.82, 2.24) is 15.6 Å². The molecule has 0 radical (unpaired) electrons. The number of H-pyrrole nitrogens is 1. The first kappa shape index (κ1) is 28.5. The number of rotatable bonds is 16. The molecule has 1 aromatic heterocycles. The summed E-state index contributed by atoms with van der Waals surface area (Å²) < 4.78 is 6.75. The smallest absolute Gasteiger partial charge is 0.305 e. The molecular formula is C31H37N3O4S. The van der Waals surface area contributed by atoms with Crippen LogP contribution in [0.3, 0.4) is 0 Å². The van der Waals surface area contributed by atoms with Gasteiger partial charge in [-0.15, -0.1) is 0 Å². The number of hydrogen-bond acceptors (Lipinski definition) is 6. The molecule has 4 rings (SSSR count). The van der Waals surface area contributed by atoms with E-state index in [0.717, 1.165) is 66.8 Å². The summed E-state index contributed by atoms with van der Waals surface area (Å²) in [5, 5.41) is 16.5. The maximum Gasteiger partial charge on any atom is 0.305 e. The number of phenols is 1. The molecule has 3 aromatic carbocycles. The number of aromatic hydroxyl groups is 1. The number of amides is 1. The zero-order valence-corrected chi connectivity index (χ0v) is 23.0. The summed E-state index contributed by atoms with van der Waals surface area (Å²) >= 11 is 1.12. The van der Waals surface area contributed by atoms with E-state index in [1.807, 2.05) is 42.5 Å². The lowest BCUT2D eigenvalue weighted by atomic mass is 10.0. The number of thiazole rings is 1. The van der Waals surface area contributed by atoms with Gasteiger partial charge in [-0.1, -0.05) is 78.1 Å². The highest BCUT2D eigenvalue weighted by molar-refractivity contribution is 7.16. The van der Waals surface area contributed by atoms with Crippen LogP contribution in [0.1, 0.15) is 29.5 Å². The molecule has 0 saturated carbocycles. The van der Waals surface area contributed by atoms with Crippen LogP contribution in [0.5, 0.6) is 5.75 Å². The Morgan fingerprint density at radius 2 is 1.62 bits per heavy atom. The monoisotopic (exact) mass is 547 g/mol. The van der Waals surface area contributed by atoms with Gasteiger partial charge in [-0.05, 0) is 68.0 Å². The topological polar surface area (TPSA) is 103 Å². The van der Waals surface area contributed by atoms with Crippen LogP contribution >= 0.6 is 11.3 Å². The van der Waals surface area contributed by atoms with Gasteiger partial charge in [0.25, 0.3) is 0 Å². The third-order valence-electron chi connectivity index (χ3n) is 6.74. The van der Waals surface area contributed by atoms with Gasteiger partial charge in [0.05, 0.1) is 23.8 Å². The second-order valence-electron chi connectivity index (χ2n) is 9.64. The molecule has 0 bridgehead atoms. The van der Waals surface area contributed by atoms with Crippen molar-refractivity contribution < 1.29 is 14.6 Å². The molecule has 206 valence electrons. The summed E-state index contributed by atoms with van der Waals surface area (Å²) in [7, 11) is 0. The number of aromatic amines is 1. The van der Waals surface area contributed by atoms with Crippen molar-refractivity contribution in [1.29, 1.82) is 0 Å². The molecule has 0 aliphatic rings. The van der Waals surface area contributed by atoms with E-state index in [4.69, 9.17) is 4.74 Å². The Bertz CT molecular complexity index is 1350. The fourth-order valence-electron chi connectivity index (χ4n) is 4.56. The van der Waals surface area contributed by atoms with Crippen LogP contribution in [-0.4, -0.2) is 48.8 Å². The largest absolute Gasteiger partial charge is 0.506 e. The Kier molecular flexibility index (Phi) is 11.1. The van der Waals surface area contributed by atoms with E-state index in [2.05, 4.69) is 39.9 Å². The zero-order valence-electron chi connectivity index (χ0n) is 22.2. The van der Waals surface area contributed by atoms with Gasteiger partial charge in [0.2, 0.25) is 5.91 Å². The highest BCUT2D eigenvalue weighted by atomic mass is 32.1. The van der Waals surface area contributed by atoms with Crippen molar-refractivity contribution in [2.75, 3.05) is 32.8 Å². The number of carbonyl (C=O) groups excluding carboxylic acids is 1. The van der Waals surface area contributed by atoms with Crippen LogP contribution in [-0.2, 0) is 28.8 Å². The normalized spacial score (nSPS) is 12.0. The van der Waals surface area contributed by atoms with Crippen LogP contribution in [0.2, 0.25) is 0 Å². The third kappa shape index (κ3) is 9.06. The zero-order chi connectivity index (χ0) is 27.3. The lowest BCUT2D eigenvalue weighted by Gasteiger charge is -2.17. The molecule has 0 fully saturated rings. The molecule has 4 N–H and O–H groups in total. The quantitative estimate of drug-likeness (QED) is 0.155. The first-order chi connectivity index (χ1) is 19.1. The molecule has 1 unspecified atom stereocenters. The van der Waals surface area contributed by atoms with E-state index in [-0.39, 0.29) is 22.4 Å². The maximum absolute atomic E-state index is 13.0. The van der Waals surface area contributed by atoms with Crippen LogP contribution in [0.25, 0.3) is 10.2 Å². The Hall–Kier alpha value is -3.46. The van der Waals surface area contributed by atoms with Gasteiger partial charge in [0.1, 0.15) is 11.3 Å². The van der Waals surface area contributed by atoms with Gasteiger partial charge in [-0.3, -0.25) is 9.59 Å². The summed E-state index contributed by atoms with van der Waals surface area (Å²) in [5.41, 5.74) is 3.97. The minimum absolute atomic E-state index is 0.0412. The molecule has 0 saturated heterocycles. The Morgan fingerprint density at radius 3 is 2.36 bits per heavy atom. The SMILES string of the molecule is O=C(NCCc1ccccc1)C(CCCNCCc1ccc(O)c2[nH]c(=O)sc12)COCCc1ccccc1. The van der Waals surface area contributed by atoms with Crippen LogP contribution in [0.15, 0.2) is 77.6 Å². The number of nitrogens with one attached hydrogen (secondary N) is 3. The number of phenolic OH excluding ortho intramolecular Hbond substituents is 1. The van der Waals surface area contributed by atoms with E-state index in [0.29, 0.717) is 25.3 Å². The van der Waals surface area contributed by atoms with Crippen molar-refractivity contribution in [2.45, 2.75) is 32.1 Å². The molecule has 39 heavy (non-hydrogen) atoms. The highest BCUT2D eigenvalue weighted by Crippen LogP contribution is 2.27. The second-order valence-corrected chi connectivity index (χ2v) is 10.6. The van der Waals surface area contributed by atoms with Gasteiger partial charge < -0.3 is 25.5 Å². The molecule has 1 atom stereocenters. The second kappa shape index (κ2) is 15.2. The van der Waals surface area contributed by atoms with Crippen molar-refractivity contribution >= 4 is 27.5 Å². The van der Waals surface area contributed by atoms with Crippen LogP contribution in [0, 0.1) is 5.92 Å². The summed E-state index contributed by atoms with van der Waals surface area (Å²) in [6, 6.07) is 23.9. The highest BCUT2D eigenvalue weighted by Gasteiger charge is 2.18. The van der Waals surface area contributed by atoms with E-state index >= 15 is 0 Å². The standard InChI is InChI=1S/C31H37N3O4S/c35-27-14-13-25(29-28(27)34-31(37)39-29)16-19-32-18-7-12-26(22-38-21-17-24-10-5-2-6-11-24)30(36)33-20-15-23-8-3-1-4-9-23/h1-6,8-11,13-14,26,32,35H,7,12,15-22H2,(H,33,36)(H,34,37). The van der Waals surface area contributed by atoms with Gasteiger partial charge in [-0.2, -0.15) is 0 Å². The van der Waals surface area contributed by atoms with Gasteiger partial charge >= 0.3 is 4.87 Å². The third-order valence-corrected chi connectivity index (χ3v) is 7.70. The summed E-state index contributed by atoms with van der Waals surface area (Å²) in [6.45, 7) is 3.12. The molecule has 0 aliphatic heterocycles. The molecule has 0 aliphatic carbocycles. The number of carbonyl (C=O) groups is 1. The average molecular weight is 548 g/mol. The van der Waals surface area contributed by atoms with Crippen molar-refractivity contribution in [3.05, 3.63) is 99.2 Å². The Morgan fingerprint density at radius 1 is 0.897 bits per heavy atom.